The Labute approximate surface area is 102 Å². The van der Waals surface area contributed by atoms with E-state index in [4.69, 9.17) is 5.73 Å². The lowest BCUT2D eigenvalue weighted by molar-refractivity contribution is 0.176. The third-order valence-corrected chi connectivity index (χ3v) is 4.22. The summed E-state index contributed by atoms with van der Waals surface area (Å²) >= 11 is 0. The summed E-state index contributed by atoms with van der Waals surface area (Å²) in [6, 6.07) is 10.1. The van der Waals surface area contributed by atoms with Crippen LogP contribution in [0.3, 0.4) is 0 Å². The largest absolute Gasteiger partial charge is 0.396 e. The lowest BCUT2D eigenvalue weighted by Gasteiger charge is -2.33. The molecule has 0 heterocycles. The van der Waals surface area contributed by atoms with Gasteiger partial charge in [-0.2, -0.15) is 0 Å². The molecule has 0 bridgehead atoms. The van der Waals surface area contributed by atoms with Gasteiger partial charge in [0.1, 0.15) is 0 Å². The molecule has 0 spiro atoms. The monoisotopic (exact) mass is 235 g/mol. The average molecular weight is 235 g/mol. The molecule has 2 rings (SSSR count). The van der Waals surface area contributed by atoms with Gasteiger partial charge in [-0.05, 0) is 24.8 Å². The lowest BCUT2D eigenvalue weighted by Crippen LogP contribution is -2.46. The summed E-state index contributed by atoms with van der Waals surface area (Å²) < 4.78 is 0. The van der Waals surface area contributed by atoms with Gasteiger partial charge < -0.3 is 15.9 Å². The minimum atomic E-state index is -0.455. The van der Waals surface area contributed by atoms with Gasteiger partial charge in [0.15, 0.2) is 0 Å². The van der Waals surface area contributed by atoms with Gasteiger partial charge in [0.25, 0.3) is 0 Å². The molecule has 4 atom stereocenters. The van der Waals surface area contributed by atoms with Crippen LogP contribution in [0.15, 0.2) is 30.3 Å². The van der Waals surface area contributed by atoms with E-state index in [1.54, 1.807) is 0 Å². The van der Waals surface area contributed by atoms with Crippen LogP contribution in [-0.2, 0) is 0 Å². The first-order valence-electron chi connectivity index (χ1n) is 6.16. The molecule has 1 aliphatic carbocycles. The Balaban J connectivity index is 2.36. The topological polar surface area (TPSA) is 66.5 Å². The molecule has 3 heteroatoms. The molecule has 1 fully saturated rings. The fourth-order valence-electron chi connectivity index (χ4n) is 3.26. The average Bonchev–Trinajstić information content (AvgIpc) is 2.60. The molecular weight excluding hydrogens is 214 g/mol. The van der Waals surface area contributed by atoms with E-state index < -0.39 is 5.54 Å². The van der Waals surface area contributed by atoms with E-state index in [2.05, 4.69) is 12.1 Å². The second-order valence-corrected chi connectivity index (χ2v) is 5.31. The summed E-state index contributed by atoms with van der Waals surface area (Å²) in [5.74, 6) is 0.320. The van der Waals surface area contributed by atoms with E-state index in [0.29, 0.717) is 0 Å². The van der Waals surface area contributed by atoms with Gasteiger partial charge in [0, 0.05) is 30.6 Å². The van der Waals surface area contributed by atoms with Crippen molar-refractivity contribution in [2.24, 2.45) is 17.6 Å². The molecule has 0 amide bonds. The zero-order chi connectivity index (χ0) is 12.5. The van der Waals surface area contributed by atoms with Crippen LogP contribution in [0.4, 0.5) is 0 Å². The van der Waals surface area contributed by atoms with Gasteiger partial charge in [-0.3, -0.25) is 0 Å². The fourth-order valence-corrected chi connectivity index (χ4v) is 3.26. The first kappa shape index (κ1) is 12.6. The predicted molar refractivity (Wildman–Crippen MR) is 67.5 cm³/mol. The highest BCUT2D eigenvalue weighted by Gasteiger charge is 2.49. The minimum absolute atomic E-state index is 0.0601. The molecule has 1 aromatic carbocycles. The highest BCUT2D eigenvalue weighted by Crippen LogP contribution is 2.48. The number of hydrogen-bond donors (Lipinski definition) is 3. The van der Waals surface area contributed by atoms with Crippen LogP contribution < -0.4 is 5.73 Å². The highest BCUT2D eigenvalue weighted by molar-refractivity contribution is 5.27. The predicted octanol–water partition coefficient (Wildman–Crippen LogP) is 1.11. The molecule has 0 saturated heterocycles. The Kier molecular flexibility index (Phi) is 3.52. The standard InChI is InChI=1S/C14H21NO2/c1-14(15)12(9-17)7-11(8-16)13(14)10-5-3-2-4-6-10/h2-6,11-13,16-17H,7-9,15H2,1H3/t11-,12+,13-,14-/m0/s1. The molecule has 1 aliphatic rings. The zero-order valence-electron chi connectivity index (χ0n) is 10.2. The number of rotatable bonds is 3. The zero-order valence-corrected chi connectivity index (χ0v) is 10.2. The van der Waals surface area contributed by atoms with Gasteiger partial charge in [-0.25, -0.2) is 0 Å². The Morgan fingerprint density at radius 1 is 1.24 bits per heavy atom. The van der Waals surface area contributed by atoms with Gasteiger partial charge in [0.2, 0.25) is 0 Å². The van der Waals surface area contributed by atoms with Crippen molar-refractivity contribution in [1.29, 1.82) is 0 Å². The van der Waals surface area contributed by atoms with Crippen molar-refractivity contribution < 1.29 is 10.2 Å². The molecule has 3 nitrogen and oxygen atoms in total. The maximum atomic E-state index is 9.51. The summed E-state index contributed by atoms with van der Waals surface area (Å²) in [5, 5.41) is 18.9. The van der Waals surface area contributed by atoms with E-state index in [9.17, 15) is 10.2 Å². The van der Waals surface area contributed by atoms with Crippen molar-refractivity contribution in [2.45, 2.75) is 24.8 Å². The molecule has 0 aliphatic heterocycles. The molecular formula is C14H21NO2. The number of hydrogen-bond acceptors (Lipinski definition) is 3. The van der Waals surface area contributed by atoms with E-state index in [-0.39, 0.29) is 31.0 Å². The van der Waals surface area contributed by atoms with Crippen LogP contribution in [0.25, 0.3) is 0 Å². The SMILES string of the molecule is C[C@]1(N)[C@@H](CO)C[C@@H](CO)[C@@H]1c1ccccc1. The van der Waals surface area contributed by atoms with Crippen molar-refractivity contribution in [3.05, 3.63) is 35.9 Å². The molecule has 1 aromatic rings. The molecule has 4 N–H and O–H groups in total. The van der Waals surface area contributed by atoms with Gasteiger partial charge in [-0.1, -0.05) is 30.3 Å². The third kappa shape index (κ3) is 2.10. The van der Waals surface area contributed by atoms with E-state index in [1.807, 2.05) is 25.1 Å². The maximum Gasteiger partial charge on any atom is 0.0477 e. The Morgan fingerprint density at radius 3 is 2.41 bits per heavy atom. The lowest BCUT2D eigenvalue weighted by atomic mass is 9.77. The molecule has 1 saturated carbocycles. The van der Waals surface area contributed by atoms with Gasteiger partial charge >= 0.3 is 0 Å². The Bertz CT molecular complexity index is 364. The second kappa shape index (κ2) is 4.77. The van der Waals surface area contributed by atoms with E-state index in [0.717, 1.165) is 12.0 Å². The summed E-state index contributed by atoms with van der Waals surface area (Å²) in [6.45, 7) is 2.21. The molecule has 94 valence electrons. The maximum absolute atomic E-state index is 9.51. The summed E-state index contributed by atoms with van der Waals surface area (Å²) in [7, 11) is 0. The third-order valence-electron chi connectivity index (χ3n) is 4.22. The van der Waals surface area contributed by atoms with Crippen LogP contribution in [0, 0.1) is 11.8 Å². The van der Waals surface area contributed by atoms with Crippen LogP contribution in [-0.4, -0.2) is 29.0 Å². The number of aliphatic hydroxyl groups is 2. The molecule has 0 aromatic heterocycles. The summed E-state index contributed by atoms with van der Waals surface area (Å²) in [6.07, 6.45) is 0.791. The van der Waals surface area contributed by atoms with Crippen LogP contribution in [0.2, 0.25) is 0 Å². The number of aliphatic hydroxyl groups excluding tert-OH is 2. The van der Waals surface area contributed by atoms with Crippen molar-refractivity contribution in [1.82, 2.24) is 0 Å². The fraction of sp³-hybridized carbons (Fsp3) is 0.571. The van der Waals surface area contributed by atoms with Gasteiger partial charge in [0.05, 0.1) is 0 Å². The quantitative estimate of drug-likeness (QED) is 0.735. The second-order valence-electron chi connectivity index (χ2n) is 5.31. The van der Waals surface area contributed by atoms with Crippen molar-refractivity contribution in [3.63, 3.8) is 0 Å². The van der Waals surface area contributed by atoms with Crippen molar-refractivity contribution in [3.8, 4) is 0 Å². The molecule has 0 radical (unpaired) electrons. The molecule has 0 unspecified atom stereocenters. The van der Waals surface area contributed by atoms with Crippen molar-refractivity contribution >= 4 is 0 Å². The van der Waals surface area contributed by atoms with Crippen LogP contribution in [0.5, 0.6) is 0 Å². The normalized spacial score (nSPS) is 37.3. The first-order chi connectivity index (χ1) is 8.11. The van der Waals surface area contributed by atoms with Crippen molar-refractivity contribution in [2.75, 3.05) is 13.2 Å². The van der Waals surface area contributed by atoms with E-state index >= 15 is 0 Å². The summed E-state index contributed by atoms with van der Waals surface area (Å²) in [4.78, 5) is 0. The minimum Gasteiger partial charge on any atom is -0.396 e. The first-order valence-corrected chi connectivity index (χ1v) is 6.16. The highest BCUT2D eigenvalue weighted by atomic mass is 16.3. The van der Waals surface area contributed by atoms with Gasteiger partial charge in [-0.15, -0.1) is 0 Å². The number of benzene rings is 1. The smallest absolute Gasteiger partial charge is 0.0477 e. The van der Waals surface area contributed by atoms with Crippen LogP contribution >= 0.6 is 0 Å². The Hall–Kier alpha value is -0.900. The number of nitrogens with two attached hydrogens (primary N) is 1. The Morgan fingerprint density at radius 2 is 1.88 bits per heavy atom. The summed E-state index contributed by atoms with van der Waals surface area (Å²) in [5.41, 5.74) is 7.11. The molecule has 17 heavy (non-hydrogen) atoms. The van der Waals surface area contributed by atoms with Crippen LogP contribution in [0.1, 0.15) is 24.8 Å². The van der Waals surface area contributed by atoms with E-state index in [1.165, 1.54) is 0 Å².